The molecule has 0 aliphatic carbocycles. The van der Waals surface area contributed by atoms with E-state index in [-0.39, 0.29) is 46.3 Å². The fourth-order valence-electron chi connectivity index (χ4n) is 0.407. The molecule has 1 saturated heterocycles. The fourth-order valence-corrected chi connectivity index (χ4v) is 0.407. The van der Waals surface area contributed by atoms with Crippen molar-refractivity contribution in [3.05, 3.63) is 6.92 Å². The van der Waals surface area contributed by atoms with Gasteiger partial charge in [-0.2, -0.15) is 0 Å². The predicted octanol–water partition coefficient (Wildman–Crippen LogP) is -3.18. The number of rotatable bonds is 0. The zero-order valence-electron chi connectivity index (χ0n) is 4.60. The average molecular weight is 191 g/mol. The molecule has 1 rings (SSSR count). The smallest absolute Gasteiger partial charge is 1.00 e. The molecule has 1 heterocycles. The van der Waals surface area contributed by atoms with E-state index >= 15 is 0 Å². The first-order chi connectivity index (χ1) is 2.89. The molecular formula is C4H7BrMgO2. The minimum absolute atomic E-state index is 0. The second-order valence-corrected chi connectivity index (χ2v) is 1.17. The summed E-state index contributed by atoms with van der Waals surface area (Å²) in [6, 6.07) is 0. The van der Waals surface area contributed by atoms with Gasteiger partial charge in [0.25, 0.3) is 0 Å². The molecule has 0 atom stereocenters. The molecule has 1 aliphatic heterocycles. The van der Waals surface area contributed by atoms with Crippen LogP contribution in [0.15, 0.2) is 0 Å². The van der Waals surface area contributed by atoms with E-state index in [2.05, 4.69) is 6.92 Å². The second-order valence-electron chi connectivity index (χ2n) is 1.17. The quantitative estimate of drug-likeness (QED) is 0.297. The Kier molecular flexibility index (Phi) is 9.36. The third-order valence-electron chi connectivity index (χ3n) is 0.691. The molecule has 8 heavy (non-hydrogen) atoms. The van der Waals surface area contributed by atoms with Crippen LogP contribution in [0.25, 0.3) is 0 Å². The molecule has 4 heteroatoms. The predicted molar refractivity (Wildman–Crippen MR) is 26.8 cm³/mol. The van der Waals surface area contributed by atoms with Crippen molar-refractivity contribution < 1.29 is 26.5 Å². The number of ether oxygens (including phenoxy) is 2. The molecule has 44 valence electrons. The Morgan fingerprint density at radius 3 is 1.75 bits per heavy atom. The van der Waals surface area contributed by atoms with Gasteiger partial charge in [0.15, 0.2) is 0 Å². The van der Waals surface area contributed by atoms with E-state index in [9.17, 15) is 0 Å². The van der Waals surface area contributed by atoms with Crippen LogP contribution in [0.2, 0.25) is 0 Å². The molecule has 0 amide bonds. The second kappa shape index (κ2) is 6.29. The summed E-state index contributed by atoms with van der Waals surface area (Å²) in [5, 5.41) is 0. The molecule has 0 aromatic rings. The SMILES string of the molecule is [Br-].[CH2-]C1OCCO1.[Mg+2]. The van der Waals surface area contributed by atoms with Gasteiger partial charge in [0.1, 0.15) is 0 Å². The Bertz CT molecular complexity index is 47.3. The van der Waals surface area contributed by atoms with E-state index in [0.29, 0.717) is 13.2 Å². The summed E-state index contributed by atoms with van der Waals surface area (Å²) in [7, 11) is 0. The molecule has 0 aromatic heterocycles. The third kappa shape index (κ3) is 4.09. The largest absolute Gasteiger partial charge is 2.00 e. The van der Waals surface area contributed by atoms with Crippen LogP contribution in [0.4, 0.5) is 0 Å². The van der Waals surface area contributed by atoms with Gasteiger partial charge in [0.05, 0.1) is 13.2 Å². The molecule has 1 fully saturated rings. The van der Waals surface area contributed by atoms with Crippen molar-refractivity contribution in [3.63, 3.8) is 0 Å². The maximum absolute atomic E-state index is 4.82. The van der Waals surface area contributed by atoms with E-state index in [1.54, 1.807) is 0 Å². The zero-order valence-corrected chi connectivity index (χ0v) is 7.60. The summed E-state index contributed by atoms with van der Waals surface area (Å²) < 4.78 is 9.64. The van der Waals surface area contributed by atoms with Crippen LogP contribution in [0.3, 0.4) is 0 Å². The Morgan fingerprint density at radius 2 is 1.62 bits per heavy atom. The van der Waals surface area contributed by atoms with Crippen LogP contribution in [0.5, 0.6) is 0 Å². The normalized spacial score (nSPS) is 19.1. The standard InChI is InChI=1S/C4H7O2.BrH.Mg/c1-4-5-2-3-6-4;;/h4H,1-3H2;1H;/q-1;;+2/p-1. The molecule has 0 radical (unpaired) electrons. The molecule has 0 N–H and O–H groups in total. The van der Waals surface area contributed by atoms with Crippen molar-refractivity contribution in [2.75, 3.05) is 13.2 Å². The maximum Gasteiger partial charge on any atom is 2.00 e. The monoisotopic (exact) mass is 190 g/mol. The molecule has 0 unspecified atom stereocenters. The van der Waals surface area contributed by atoms with Crippen molar-refractivity contribution >= 4 is 23.1 Å². The fraction of sp³-hybridized carbons (Fsp3) is 0.750. The first-order valence-corrected chi connectivity index (χ1v) is 1.96. The zero-order chi connectivity index (χ0) is 4.41. The van der Waals surface area contributed by atoms with Gasteiger partial charge in [0, 0.05) is 6.29 Å². The van der Waals surface area contributed by atoms with Gasteiger partial charge < -0.3 is 26.5 Å². The van der Waals surface area contributed by atoms with Crippen molar-refractivity contribution in [1.29, 1.82) is 0 Å². The van der Waals surface area contributed by atoms with E-state index in [0.717, 1.165) is 0 Å². The van der Waals surface area contributed by atoms with Gasteiger partial charge in [0.2, 0.25) is 0 Å². The van der Waals surface area contributed by atoms with Crippen LogP contribution < -0.4 is 17.0 Å². The van der Waals surface area contributed by atoms with Gasteiger partial charge in [-0.3, -0.25) is 6.92 Å². The van der Waals surface area contributed by atoms with E-state index in [1.165, 1.54) is 0 Å². The van der Waals surface area contributed by atoms with Gasteiger partial charge in [-0.25, -0.2) is 0 Å². The van der Waals surface area contributed by atoms with E-state index in [1.807, 2.05) is 0 Å². The Hall–Kier alpha value is 1.17. The molecule has 0 aromatic carbocycles. The first kappa shape index (κ1) is 11.9. The Labute approximate surface area is 75.8 Å². The minimum atomic E-state index is -0.204. The van der Waals surface area contributed by atoms with Gasteiger partial charge >= 0.3 is 23.1 Å². The summed E-state index contributed by atoms with van der Waals surface area (Å²) in [5.41, 5.74) is 0. The number of hydrogen-bond donors (Lipinski definition) is 0. The summed E-state index contributed by atoms with van der Waals surface area (Å²) in [6.45, 7) is 4.90. The Morgan fingerprint density at radius 1 is 1.25 bits per heavy atom. The van der Waals surface area contributed by atoms with Gasteiger partial charge in [-0.15, -0.1) is 0 Å². The maximum atomic E-state index is 4.82. The molecular weight excluding hydrogens is 184 g/mol. The summed E-state index contributed by atoms with van der Waals surface area (Å²) in [4.78, 5) is 0. The molecule has 0 spiro atoms. The average Bonchev–Trinajstić information content (AvgIpc) is 1.86. The van der Waals surface area contributed by atoms with Crippen LogP contribution >= 0.6 is 0 Å². The summed E-state index contributed by atoms with van der Waals surface area (Å²) in [6.07, 6.45) is -0.204. The van der Waals surface area contributed by atoms with Gasteiger partial charge in [-0.05, 0) is 0 Å². The first-order valence-electron chi connectivity index (χ1n) is 1.96. The Balaban J connectivity index is 0. The minimum Gasteiger partial charge on any atom is -1.00 e. The number of hydrogen-bond acceptors (Lipinski definition) is 2. The van der Waals surface area contributed by atoms with Gasteiger partial charge in [-0.1, -0.05) is 0 Å². The van der Waals surface area contributed by atoms with Crippen molar-refractivity contribution in [2.24, 2.45) is 0 Å². The number of halogens is 1. The molecule has 0 bridgehead atoms. The van der Waals surface area contributed by atoms with E-state index in [4.69, 9.17) is 9.47 Å². The topological polar surface area (TPSA) is 18.5 Å². The van der Waals surface area contributed by atoms with Crippen LogP contribution in [-0.2, 0) is 9.47 Å². The summed E-state index contributed by atoms with van der Waals surface area (Å²) in [5.74, 6) is 0. The summed E-state index contributed by atoms with van der Waals surface area (Å²) >= 11 is 0. The third-order valence-corrected chi connectivity index (χ3v) is 0.691. The van der Waals surface area contributed by atoms with Crippen LogP contribution in [0.1, 0.15) is 0 Å². The van der Waals surface area contributed by atoms with E-state index < -0.39 is 0 Å². The van der Waals surface area contributed by atoms with Crippen molar-refractivity contribution in [2.45, 2.75) is 6.29 Å². The molecule has 0 saturated carbocycles. The molecule has 2 nitrogen and oxygen atoms in total. The molecule has 1 aliphatic rings. The van der Waals surface area contributed by atoms with Crippen molar-refractivity contribution in [3.8, 4) is 0 Å². The van der Waals surface area contributed by atoms with Crippen molar-refractivity contribution in [1.82, 2.24) is 0 Å². The van der Waals surface area contributed by atoms with Crippen LogP contribution in [-0.4, -0.2) is 42.6 Å². The van der Waals surface area contributed by atoms with Crippen LogP contribution in [0, 0.1) is 6.92 Å².